The van der Waals surface area contributed by atoms with Crippen LogP contribution in [0.2, 0.25) is 0 Å². The molecule has 0 saturated heterocycles. The maximum absolute atomic E-state index is 15.1. The number of Topliss-reactive ketones (excluding diaryl/α,β-unsaturated/α-hetero) is 1. The number of rotatable bonds is 15. The Bertz CT molecular complexity index is 1970. The number of carbonyl (C=O) groups excluding carboxylic acids is 2. The van der Waals surface area contributed by atoms with Crippen LogP contribution in [0.5, 0.6) is 5.75 Å². The number of ketones is 1. The highest BCUT2D eigenvalue weighted by Crippen LogP contribution is 2.47. The molecule has 276 valence electrons. The summed E-state index contributed by atoms with van der Waals surface area (Å²) < 4.78 is 23.7. The van der Waals surface area contributed by atoms with Crippen LogP contribution in [0, 0.1) is 0 Å². The number of hydrogen-bond donors (Lipinski definition) is 0. The molecule has 0 spiro atoms. The molecule has 0 N–H and O–H groups in total. The van der Waals surface area contributed by atoms with Crippen LogP contribution in [-0.2, 0) is 20.8 Å². The summed E-state index contributed by atoms with van der Waals surface area (Å²) in [6.07, 6.45) is 0.606. The number of methoxy groups -OCH3 is 1. The van der Waals surface area contributed by atoms with Gasteiger partial charge in [0, 0.05) is 50.0 Å². The molecule has 9 heteroatoms. The fourth-order valence-electron chi connectivity index (χ4n) is 7.20. The molecule has 5 aromatic rings. The summed E-state index contributed by atoms with van der Waals surface area (Å²) in [5.41, 5.74) is 5.77. The summed E-state index contributed by atoms with van der Waals surface area (Å²) >= 11 is 0. The van der Waals surface area contributed by atoms with E-state index in [1.807, 2.05) is 101 Å². The predicted molar refractivity (Wildman–Crippen MR) is 207 cm³/mol. The average Bonchev–Trinajstić information content (AvgIpc) is 3.48. The quantitative estimate of drug-likeness (QED) is 0.0786. The highest BCUT2D eigenvalue weighted by molar-refractivity contribution is 6.02. The van der Waals surface area contributed by atoms with E-state index in [-0.39, 0.29) is 12.3 Å². The van der Waals surface area contributed by atoms with E-state index in [2.05, 4.69) is 17.0 Å². The molecular formula is C44H49N3O6. The molecule has 1 unspecified atom stereocenters. The van der Waals surface area contributed by atoms with Gasteiger partial charge in [0.1, 0.15) is 17.4 Å². The van der Waals surface area contributed by atoms with Crippen LogP contribution in [0.3, 0.4) is 0 Å². The second-order valence-electron chi connectivity index (χ2n) is 14.1. The van der Waals surface area contributed by atoms with E-state index in [0.717, 1.165) is 38.7 Å². The minimum atomic E-state index is -0.993. The third-order valence-electron chi connectivity index (χ3n) is 9.32. The lowest BCUT2D eigenvalue weighted by Crippen LogP contribution is -2.53. The first kappa shape index (κ1) is 37.7. The Kier molecular flexibility index (Phi) is 11.9. The van der Waals surface area contributed by atoms with Crippen LogP contribution in [0.1, 0.15) is 67.7 Å². The van der Waals surface area contributed by atoms with E-state index in [4.69, 9.17) is 23.9 Å². The van der Waals surface area contributed by atoms with Gasteiger partial charge in [-0.15, -0.1) is 0 Å². The number of benzene rings is 4. The zero-order valence-electron chi connectivity index (χ0n) is 31.5. The summed E-state index contributed by atoms with van der Waals surface area (Å²) in [5, 5.41) is 1.01. The molecule has 53 heavy (non-hydrogen) atoms. The molecule has 0 bridgehead atoms. The predicted octanol–water partition coefficient (Wildman–Crippen LogP) is 8.70. The second-order valence-corrected chi connectivity index (χ2v) is 14.1. The van der Waals surface area contributed by atoms with Crippen LogP contribution in [-0.4, -0.2) is 78.0 Å². The molecule has 0 radical (unpaired) electrons. The Morgan fingerprint density at radius 2 is 1.40 bits per heavy atom. The van der Waals surface area contributed by atoms with Gasteiger partial charge in [0.2, 0.25) is 0 Å². The monoisotopic (exact) mass is 715 g/mol. The summed E-state index contributed by atoms with van der Waals surface area (Å²) in [4.78, 5) is 37.9. The third kappa shape index (κ3) is 8.60. The Labute approximate surface area is 312 Å². The number of aromatic nitrogens is 1. The Morgan fingerprint density at radius 1 is 0.774 bits per heavy atom. The van der Waals surface area contributed by atoms with E-state index in [0.29, 0.717) is 37.6 Å². The SMILES string of the molecule is CCOC(CN(Cc1cccc2cccnc12)CC(C(=O)c1ccc(OC(C)(C)C)cc1)N(C(=O)OC)C1c2ccccc2-c2ccccc21)OCC. The van der Waals surface area contributed by atoms with Gasteiger partial charge < -0.3 is 18.9 Å². The Balaban J connectivity index is 1.49. The van der Waals surface area contributed by atoms with Crippen LogP contribution in [0.15, 0.2) is 109 Å². The summed E-state index contributed by atoms with van der Waals surface area (Å²) in [7, 11) is 1.36. The summed E-state index contributed by atoms with van der Waals surface area (Å²) in [6.45, 7) is 11.6. The first-order valence-corrected chi connectivity index (χ1v) is 18.3. The molecule has 6 rings (SSSR count). The highest BCUT2D eigenvalue weighted by atomic mass is 16.7. The number of para-hydroxylation sites is 1. The first-order valence-electron chi connectivity index (χ1n) is 18.3. The van der Waals surface area contributed by atoms with Crippen molar-refractivity contribution in [3.8, 4) is 16.9 Å². The fourth-order valence-corrected chi connectivity index (χ4v) is 7.20. The Morgan fingerprint density at radius 3 is 2.00 bits per heavy atom. The normalized spacial score (nSPS) is 13.2. The molecule has 0 fully saturated rings. The van der Waals surface area contributed by atoms with Crippen molar-refractivity contribution in [3.63, 3.8) is 0 Å². The van der Waals surface area contributed by atoms with Gasteiger partial charge >= 0.3 is 6.09 Å². The van der Waals surface area contributed by atoms with Crippen molar-refractivity contribution < 1.29 is 28.5 Å². The van der Waals surface area contributed by atoms with Crippen LogP contribution < -0.4 is 4.74 Å². The molecule has 1 heterocycles. The maximum atomic E-state index is 15.1. The van der Waals surface area contributed by atoms with Gasteiger partial charge in [0.05, 0.1) is 18.7 Å². The van der Waals surface area contributed by atoms with Crippen molar-refractivity contribution in [2.75, 3.05) is 33.4 Å². The number of carbonyl (C=O) groups is 2. The molecule has 4 aromatic carbocycles. The van der Waals surface area contributed by atoms with Gasteiger partial charge in [0.15, 0.2) is 12.1 Å². The van der Waals surface area contributed by atoms with E-state index in [1.165, 1.54) is 7.11 Å². The number of ether oxygens (including phenoxy) is 4. The minimum Gasteiger partial charge on any atom is -0.488 e. The number of hydrogen-bond acceptors (Lipinski definition) is 8. The zero-order valence-corrected chi connectivity index (χ0v) is 31.5. The average molecular weight is 716 g/mol. The van der Waals surface area contributed by atoms with Crippen molar-refractivity contribution in [1.29, 1.82) is 0 Å². The van der Waals surface area contributed by atoms with Gasteiger partial charge in [-0.25, -0.2) is 4.79 Å². The molecule has 1 aliphatic rings. The molecule has 0 saturated carbocycles. The van der Waals surface area contributed by atoms with E-state index in [9.17, 15) is 4.79 Å². The van der Waals surface area contributed by atoms with Crippen LogP contribution in [0.25, 0.3) is 22.0 Å². The number of pyridine rings is 1. The molecule has 1 aliphatic carbocycles. The van der Waals surface area contributed by atoms with Crippen LogP contribution >= 0.6 is 0 Å². The van der Waals surface area contributed by atoms with Crippen molar-refractivity contribution >= 4 is 22.8 Å². The lowest BCUT2D eigenvalue weighted by molar-refractivity contribution is -0.148. The van der Waals surface area contributed by atoms with Gasteiger partial charge in [-0.3, -0.25) is 19.6 Å². The largest absolute Gasteiger partial charge is 0.488 e. The second kappa shape index (κ2) is 16.7. The van der Waals surface area contributed by atoms with Gasteiger partial charge in [0.25, 0.3) is 0 Å². The molecule has 1 amide bonds. The minimum absolute atomic E-state index is 0.148. The highest BCUT2D eigenvalue weighted by Gasteiger charge is 2.43. The first-order chi connectivity index (χ1) is 25.6. The van der Waals surface area contributed by atoms with Crippen molar-refractivity contribution in [3.05, 3.63) is 132 Å². The van der Waals surface area contributed by atoms with Gasteiger partial charge in [-0.1, -0.05) is 72.8 Å². The standard InChI is InChI=1S/C44H49N3O6/c1-7-51-39(52-8-2)29-46(27-32-16-13-15-30-17-14-26-45-40(30)32)28-38(42(48)31-22-24-33(25-23-31)53-44(3,4)5)47(43(49)50-6)41-36-20-11-9-18-34(36)35-19-10-12-21-37(35)41/h9-26,38-39,41H,7-8,27-29H2,1-6H3. The lowest BCUT2D eigenvalue weighted by atomic mass is 9.96. The molecule has 1 aromatic heterocycles. The third-order valence-corrected chi connectivity index (χ3v) is 9.32. The fraction of sp³-hybridized carbons (Fsp3) is 0.341. The van der Waals surface area contributed by atoms with E-state index in [1.54, 1.807) is 35.4 Å². The Hall–Kier alpha value is -5.09. The van der Waals surface area contributed by atoms with Gasteiger partial charge in [-0.2, -0.15) is 0 Å². The maximum Gasteiger partial charge on any atom is 0.410 e. The zero-order chi connectivity index (χ0) is 37.5. The molecule has 9 nitrogen and oxygen atoms in total. The summed E-state index contributed by atoms with van der Waals surface area (Å²) in [6, 6.07) is 31.7. The van der Waals surface area contributed by atoms with Crippen molar-refractivity contribution in [2.45, 2.75) is 65.1 Å². The summed E-state index contributed by atoms with van der Waals surface area (Å²) in [5.74, 6) is 0.417. The van der Waals surface area contributed by atoms with Crippen molar-refractivity contribution in [1.82, 2.24) is 14.8 Å². The molecule has 1 atom stereocenters. The lowest BCUT2D eigenvalue weighted by Gasteiger charge is -2.39. The molecule has 0 aliphatic heterocycles. The van der Waals surface area contributed by atoms with Crippen LogP contribution in [0.4, 0.5) is 4.79 Å². The smallest absolute Gasteiger partial charge is 0.410 e. The topological polar surface area (TPSA) is 90.4 Å². The number of nitrogens with zero attached hydrogens (tertiary/aromatic N) is 3. The van der Waals surface area contributed by atoms with Crippen molar-refractivity contribution in [2.24, 2.45) is 0 Å². The molecular weight excluding hydrogens is 666 g/mol. The number of fused-ring (bicyclic) bond motifs is 4. The van der Waals surface area contributed by atoms with E-state index < -0.39 is 30.1 Å². The van der Waals surface area contributed by atoms with E-state index >= 15 is 4.79 Å². The number of amides is 1. The van der Waals surface area contributed by atoms with Gasteiger partial charge in [-0.05, 0) is 92.8 Å².